The molecule has 0 saturated heterocycles. The van der Waals surface area contributed by atoms with Crippen molar-refractivity contribution in [2.75, 3.05) is 6.54 Å². The largest absolute Gasteiger partial charge is 0.299 e. The van der Waals surface area contributed by atoms with Gasteiger partial charge in [-0.25, -0.2) is 0 Å². The van der Waals surface area contributed by atoms with Crippen molar-refractivity contribution in [3.05, 3.63) is 0 Å². The molecule has 2 heteroatoms. The Kier molecular flexibility index (Phi) is 7.25. The molecule has 1 N–H and O–H groups in total. The van der Waals surface area contributed by atoms with Crippen LogP contribution in [-0.4, -0.2) is 29.2 Å². The average Bonchev–Trinajstić information content (AvgIpc) is 2.21. The SMILES string of the molecule is CCCN(C(CC)NC(C)CC)C(C)(C)C. The van der Waals surface area contributed by atoms with Gasteiger partial charge in [-0.2, -0.15) is 0 Å². The first-order valence-corrected chi connectivity index (χ1v) is 6.89. The van der Waals surface area contributed by atoms with Gasteiger partial charge in [-0.3, -0.25) is 10.2 Å². The molecule has 0 aromatic heterocycles. The third kappa shape index (κ3) is 5.31. The van der Waals surface area contributed by atoms with Gasteiger partial charge in [0.1, 0.15) is 0 Å². The van der Waals surface area contributed by atoms with Crippen LogP contribution in [0.15, 0.2) is 0 Å². The summed E-state index contributed by atoms with van der Waals surface area (Å²) in [4.78, 5) is 2.60. The van der Waals surface area contributed by atoms with Crippen LogP contribution in [0.5, 0.6) is 0 Å². The maximum absolute atomic E-state index is 3.73. The second-order valence-corrected chi connectivity index (χ2v) is 5.76. The maximum Gasteiger partial charge on any atom is 0.0600 e. The zero-order chi connectivity index (χ0) is 12.8. The topological polar surface area (TPSA) is 15.3 Å². The predicted octanol–water partition coefficient (Wildman–Crippen LogP) is 3.62. The minimum absolute atomic E-state index is 0.247. The van der Waals surface area contributed by atoms with Crippen LogP contribution >= 0.6 is 0 Å². The number of rotatable bonds is 7. The third-order valence-corrected chi connectivity index (χ3v) is 3.18. The van der Waals surface area contributed by atoms with Crippen molar-refractivity contribution >= 4 is 0 Å². The fraction of sp³-hybridized carbons (Fsp3) is 1.00. The van der Waals surface area contributed by atoms with Gasteiger partial charge in [0.15, 0.2) is 0 Å². The maximum atomic E-state index is 3.73. The highest BCUT2D eigenvalue weighted by atomic mass is 15.3. The van der Waals surface area contributed by atoms with Gasteiger partial charge < -0.3 is 0 Å². The Hall–Kier alpha value is -0.0800. The Labute approximate surface area is 103 Å². The van der Waals surface area contributed by atoms with E-state index in [0.717, 1.165) is 0 Å². The second kappa shape index (κ2) is 7.29. The van der Waals surface area contributed by atoms with Crippen molar-refractivity contribution < 1.29 is 0 Å². The van der Waals surface area contributed by atoms with Crippen LogP contribution in [0.2, 0.25) is 0 Å². The first-order chi connectivity index (χ1) is 7.36. The van der Waals surface area contributed by atoms with Crippen LogP contribution in [0.1, 0.15) is 67.7 Å². The monoisotopic (exact) mass is 228 g/mol. The summed E-state index contributed by atoms with van der Waals surface area (Å²) in [6, 6.07) is 0.603. The molecular weight excluding hydrogens is 196 g/mol. The fourth-order valence-corrected chi connectivity index (χ4v) is 2.07. The van der Waals surface area contributed by atoms with E-state index in [0.29, 0.717) is 12.2 Å². The predicted molar refractivity (Wildman–Crippen MR) is 73.7 cm³/mol. The van der Waals surface area contributed by atoms with Gasteiger partial charge in [-0.15, -0.1) is 0 Å². The van der Waals surface area contributed by atoms with E-state index in [2.05, 4.69) is 58.7 Å². The summed E-state index contributed by atoms with van der Waals surface area (Å²) in [7, 11) is 0. The molecule has 2 atom stereocenters. The van der Waals surface area contributed by atoms with Crippen molar-refractivity contribution in [3.63, 3.8) is 0 Å². The molecule has 2 nitrogen and oxygen atoms in total. The molecule has 0 radical (unpaired) electrons. The lowest BCUT2D eigenvalue weighted by molar-refractivity contribution is 0.0541. The van der Waals surface area contributed by atoms with Crippen LogP contribution in [-0.2, 0) is 0 Å². The smallest absolute Gasteiger partial charge is 0.0600 e. The molecule has 0 aliphatic heterocycles. The summed E-state index contributed by atoms with van der Waals surface area (Å²) < 4.78 is 0. The first-order valence-electron chi connectivity index (χ1n) is 6.89. The van der Waals surface area contributed by atoms with Crippen molar-refractivity contribution in [3.8, 4) is 0 Å². The number of nitrogens with one attached hydrogen (secondary N) is 1. The molecule has 0 heterocycles. The van der Waals surface area contributed by atoms with Crippen LogP contribution in [0.4, 0.5) is 0 Å². The van der Waals surface area contributed by atoms with E-state index in [1.54, 1.807) is 0 Å². The molecule has 0 saturated carbocycles. The van der Waals surface area contributed by atoms with Crippen molar-refractivity contribution in [1.29, 1.82) is 0 Å². The summed E-state index contributed by atoms with van der Waals surface area (Å²) in [6.45, 7) is 17.1. The molecule has 0 aromatic carbocycles. The van der Waals surface area contributed by atoms with Gasteiger partial charge in [0.2, 0.25) is 0 Å². The number of hydrogen-bond acceptors (Lipinski definition) is 2. The normalized spacial score (nSPS) is 16.5. The highest BCUT2D eigenvalue weighted by molar-refractivity contribution is 4.82. The quantitative estimate of drug-likeness (QED) is 0.670. The van der Waals surface area contributed by atoms with Crippen molar-refractivity contribution in [2.24, 2.45) is 0 Å². The summed E-state index contributed by atoms with van der Waals surface area (Å²) in [5, 5.41) is 3.73. The standard InChI is InChI=1S/C14H32N2/c1-8-11-16(14(5,6)7)13(10-3)15-12(4)9-2/h12-13,15H,8-11H2,1-7H3. The molecule has 0 aromatic rings. The Morgan fingerprint density at radius 2 is 1.62 bits per heavy atom. The molecule has 16 heavy (non-hydrogen) atoms. The van der Waals surface area contributed by atoms with Crippen LogP contribution in [0.3, 0.4) is 0 Å². The summed E-state index contributed by atoms with van der Waals surface area (Å²) >= 11 is 0. The average molecular weight is 228 g/mol. The summed E-state index contributed by atoms with van der Waals surface area (Å²) in [5.41, 5.74) is 0.247. The van der Waals surface area contributed by atoms with Gasteiger partial charge in [0.05, 0.1) is 6.17 Å². The molecule has 0 spiro atoms. The lowest BCUT2D eigenvalue weighted by atomic mass is 10.0. The van der Waals surface area contributed by atoms with Gasteiger partial charge in [0, 0.05) is 11.6 Å². The highest BCUT2D eigenvalue weighted by Gasteiger charge is 2.27. The molecule has 98 valence electrons. The van der Waals surface area contributed by atoms with E-state index in [1.165, 1.54) is 25.8 Å². The van der Waals surface area contributed by atoms with Crippen molar-refractivity contribution in [1.82, 2.24) is 10.2 Å². The van der Waals surface area contributed by atoms with E-state index in [-0.39, 0.29) is 5.54 Å². The fourth-order valence-electron chi connectivity index (χ4n) is 2.07. The van der Waals surface area contributed by atoms with Gasteiger partial charge >= 0.3 is 0 Å². The second-order valence-electron chi connectivity index (χ2n) is 5.76. The van der Waals surface area contributed by atoms with Gasteiger partial charge in [0.25, 0.3) is 0 Å². The Bertz CT molecular complexity index is 172. The third-order valence-electron chi connectivity index (χ3n) is 3.18. The van der Waals surface area contributed by atoms with Crippen LogP contribution in [0, 0.1) is 0 Å². The Morgan fingerprint density at radius 3 is 1.94 bits per heavy atom. The Balaban J connectivity index is 4.58. The zero-order valence-electron chi connectivity index (χ0n) is 12.4. The highest BCUT2D eigenvalue weighted by Crippen LogP contribution is 2.18. The minimum atomic E-state index is 0.247. The lowest BCUT2D eigenvalue weighted by Crippen LogP contribution is -2.56. The molecule has 0 fully saturated rings. The van der Waals surface area contributed by atoms with E-state index in [4.69, 9.17) is 0 Å². The van der Waals surface area contributed by atoms with Crippen LogP contribution in [0.25, 0.3) is 0 Å². The molecule has 0 rings (SSSR count). The van der Waals surface area contributed by atoms with E-state index in [1.807, 2.05) is 0 Å². The molecule has 0 aliphatic carbocycles. The van der Waals surface area contributed by atoms with E-state index in [9.17, 15) is 0 Å². The summed E-state index contributed by atoms with van der Waals surface area (Å²) in [6.07, 6.45) is 4.09. The molecule has 2 unspecified atom stereocenters. The molecule has 0 amide bonds. The molecule has 0 bridgehead atoms. The molecular formula is C14H32N2. The lowest BCUT2D eigenvalue weighted by Gasteiger charge is -2.42. The Morgan fingerprint density at radius 1 is 1.06 bits per heavy atom. The zero-order valence-corrected chi connectivity index (χ0v) is 12.4. The van der Waals surface area contributed by atoms with E-state index < -0.39 is 0 Å². The van der Waals surface area contributed by atoms with Crippen molar-refractivity contribution in [2.45, 2.75) is 85.5 Å². The number of hydrogen-bond donors (Lipinski definition) is 1. The molecule has 0 aliphatic rings. The number of nitrogens with zero attached hydrogens (tertiary/aromatic N) is 1. The first kappa shape index (κ1) is 15.9. The van der Waals surface area contributed by atoms with Gasteiger partial charge in [-0.1, -0.05) is 20.8 Å². The van der Waals surface area contributed by atoms with Gasteiger partial charge in [-0.05, 0) is 53.5 Å². The minimum Gasteiger partial charge on any atom is -0.299 e. The summed E-state index contributed by atoms with van der Waals surface area (Å²) in [5.74, 6) is 0. The van der Waals surface area contributed by atoms with E-state index >= 15 is 0 Å². The van der Waals surface area contributed by atoms with Crippen LogP contribution < -0.4 is 5.32 Å².